The van der Waals surface area contributed by atoms with Crippen molar-refractivity contribution >= 4 is 11.9 Å². The summed E-state index contributed by atoms with van der Waals surface area (Å²) in [6.45, 7) is 6.52. The minimum atomic E-state index is -0.435. The van der Waals surface area contributed by atoms with Crippen molar-refractivity contribution in [2.75, 3.05) is 13.2 Å². The fourth-order valence-corrected chi connectivity index (χ4v) is 4.37. The molecule has 0 N–H and O–H groups in total. The second-order valence-electron chi connectivity index (χ2n) is 7.51. The number of fused-ring (bicyclic) bond motifs is 1. The molecule has 5 unspecified atom stereocenters. The Kier molecular flexibility index (Phi) is 4.19. The molecule has 5 atom stereocenters. The third kappa shape index (κ3) is 2.64. The van der Waals surface area contributed by atoms with Crippen molar-refractivity contribution in [3.63, 3.8) is 0 Å². The van der Waals surface area contributed by atoms with Gasteiger partial charge >= 0.3 is 11.9 Å². The van der Waals surface area contributed by atoms with Crippen LogP contribution in [0.2, 0.25) is 0 Å². The van der Waals surface area contributed by atoms with Gasteiger partial charge in [-0.3, -0.25) is 9.59 Å². The highest BCUT2D eigenvalue weighted by atomic mass is 16.6. The summed E-state index contributed by atoms with van der Waals surface area (Å²) in [6.07, 6.45) is 3.64. The van der Waals surface area contributed by atoms with Crippen LogP contribution in [0.3, 0.4) is 0 Å². The zero-order valence-corrected chi connectivity index (χ0v) is 13.7. The fraction of sp³-hybridized carbons (Fsp3) is 0.882. The first-order chi connectivity index (χ1) is 10.4. The standard InChI is InChI=1S/C17H26O5/c1-4-5-17(2,3)16(19)21-7-6-20-13-10-8-11-12(9-10)15(18)22-14(11)13/h10-14H,4-9H2,1-3H3. The van der Waals surface area contributed by atoms with E-state index >= 15 is 0 Å². The molecule has 1 heterocycles. The number of ether oxygens (including phenoxy) is 3. The van der Waals surface area contributed by atoms with E-state index in [0.717, 1.165) is 25.7 Å². The average Bonchev–Trinajstić information content (AvgIpc) is 3.06. The van der Waals surface area contributed by atoms with Crippen molar-refractivity contribution in [1.29, 1.82) is 0 Å². The molecule has 2 bridgehead atoms. The number of esters is 2. The molecule has 3 rings (SSSR count). The summed E-state index contributed by atoms with van der Waals surface area (Å²) < 4.78 is 16.7. The van der Waals surface area contributed by atoms with Gasteiger partial charge in [-0.05, 0) is 39.0 Å². The summed E-state index contributed by atoms with van der Waals surface area (Å²) in [6, 6.07) is 0. The maximum Gasteiger partial charge on any atom is 0.311 e. The summed E-state index contributed by atoms with van der Waals surface area (Å²) in [7, 11) is 0. The molecule has 0 spiro atoms. The fourth-order valence-electron chi connectivity index (χ4n) is 4.37. The number of rotatable bonds is 7. The monoisotopic (exact) mass is 310 g/mol. The molecule has 0 amide bonds. The minimum Gasteiger partial charge on any atom is -0.463 e. The van der Waals surface area contributed by atoms with Crippen LogP contribution in [0.25, 0.3) is 0 Å². The Labute approximate surface area is 131 Å². The number of carbonyl (C=O) groups excluding carboxylic acids is 2. The summed E-state index contributed by atoms with van der Waals surface area (Å²) in [5, 5.41) is 0. The molecule has 5 nitrogen and oxygen atoms in total. The third-order valence-corrected chi connectivity index (χ3v) is 5.47. The van der Waals surface area contributed by atoms with Crippen LogP contribution in [0.4, 0.5) is 0 Å². The maximum atomic E-state index is 12.0. The van der Waals surface area contributed by atoms with Crippen LogP contribution in [0.15, 0.2) is 0 Å². The Morgan fingerprint density at radius 1 is 1.32 bits per heavy atom. The molecule has 2 saturated carbocycles. The zero-order valence-electron chi connectivity index (χ0n) is 13.7. The van der Waals surface area contributed by atoms with Crippen molar-refractivity contribution in [3.05, 3.63) is 0 Å². The second kappa shape index (κ2) is 5.84. The second-order valence-corrected chi connectivity index (χ2v) is 7.51. The number of hydrogen-bond donors (Lipinski definition) is 0. The Balaban J connectivity index is 1.42. The van der Waals surface area contributed by atoms with Crippen LogP contribution in [0, 0.1) is 23.2 Å². The quantitative estimate of drug-likeness (QED) is 0.533. The van der Waals surface area contributed by atoms with E-state index in [-0.39, 0.29) is 36.7 Å². The minimum absolute atomic E-state index is 0.00458. The van der Waals surface area contributed by atoms with Gasteiger partial charge in [0, 0.05) is 5.92 Å². The van der Waals surface area contributed by atoms with E-state index in [1.165, 1.54) is 0 Å². The van der Waals surface area contributed by atoms with Gasteiger partial charge in [-0.15, -0.1) is 0 Å². The first-order valence-electron chi connectivity index (χ1n) is 8.43. The van der Waals surface area contributed by atoms with Crippen molar-refractivity contribution in [3.8, 4) is 0 Å². The highest BCUT2D eigenvalue weighted by Crippen LogP contribution is 2.55. The van der Waals surface area contributed by atoms with Crippen LogP contribution in [-0.2, 0) is 23.8 Å². The molecule has 3 aliphatic rings. The van der Waals surface area contributed by atoms with E-state index in [0.29, 0.717) is 18.4 Å². The van der Waals surface area contributed by atoms with Gasteiger partial charge in [0.25, 0.3) is 0 Å². The zero-order chi connectivity index (χ0) is 15.9. The molecule has 0 aromatic carbocycles. The van der Waals surface area contributed by atoms with Crippen molar-refractivity contribution in [2.24, 2.45) is 23.2 Å². The SMILES string of the molecule is CCCC(C)(C)C(=O)OCCOC1C2CC3C(=O)OC1C3C2. The molecule has 22 heavy (non-hydrogen) atoms. The van der Waals surface area contributed by atoms with Gasteiger partial charge in [0.15, 0.2) is 0 Å². The molecule has 2 aliphatic carbocycles. The molecule has 0 radical (unpaired) electrons. The van der Waals surface area contributed by atoms with Gasteiger partial charge in [0.05, 0.1) is 24.0 Å². The van der Waals surface area contributed by atoms with Gasteiger partial charge in [0.2, 0.25) is 0 Å². The Hall–Kier alpha value is -1.10. The first-order valence-corrected chi connectivity index (χ1v) is 8.43. The molecule has 0 aromatic rings. The van der Waals surface area contributed by atoms with Crippen molar-refractivity contribution in [2.45, 2.75) is 58.7 Å². The van der Waals surface area contributed by atoms with Crippen LogP contribution < -0.4 is 0 Å². The lowest BCUT2D eigenvalue weighted by Crippen LogP contribution is -2.35. The van der Waals surface area contributed by atoms with Crippen molar-refractivity contribution in [1.82, 2.24) is 0 Å². The van der Waals surface area contributed by atoms with Crippen molar-refractivity contribution < 1.29 is 23.8 Å². The van der Waals surface area contributed by atoms with Gasteiger partial charge in [-0.1, -0.05) is 13.3 Å². The van der Waals surface area contributed by atoms with Crippen LogP contribution in [0.1, 0.15) is 46.5 Å². The molecule has 124 valence electrons. The summed E-state index contributed by atoms with van der Waals surface area (Å²) in [5.41, 5.74) is -0.435. The number of carbonyl (C=O) groups is 2. The third-order valence-electron chi connectivity index (χ3n) is 5.47. The van der Waals surface area contributed by atoms with Gasteiger partial charge in [-0.25, -0.2) is 0 Å². The lowest BCUT2D eigenvalue weighted by molar-refractivity contribution is -0.158. The molecule has 1 saturated heterocycles. The van der Waals surface area contributed by atoms with E-state index in [1.54, 1.807) is 0 Å². The van der Waals surface area contributed by atoms with E-state index in [4.69, 9.17) is 14.2 Å². The highest BCUT2D eigenvalue weighted by Gasteiger charge is 2.62. The molecule has 1 aliphatic heterocycles. The van der Waals surface area contributed by atoms with E-state index in [2.05, 4.69) is 6.92 Å². The van der Waals surface area contributed by atoms with E-state index in [9.17, 15) is 9.59 Å². The summed E-state index contributed by atoms with van der Waals surface area (Å²) in [4.78, 5) is 23.7. The molecule has 3 fully saturated rings. The summed E-state index contributed by atoms with van der Waals surface area (Å²) >= 11 is 0. The molecule has 0 aromatic heterocycles. The molecule has 5 heteroatoms. The largest absolute Gasteiger partial charge is 0.463 e. The van der Waals surface area contributed by atoms with Crippen LogP contribution in [0.5, 0.6) is 0 Å². The van der Waals surface area contributed by atoms with E-state index < -0.39 is 5.41 Å². The average molecular weight is 310 g/mol. The highest BCUT2D eigenvalue weighted by molar-refractivity contribution is 5.76. The first kappa shape index (κ1) is 15.8. The smallest absolute Gasteiger partial charge is 0.311 e. The van der Waals surface area contributed by atoms with Gasteiger partial charge in [-0.2, -0.15) is 0 Å². The van der Waals surface area contributed by atoms with E-state index in [1.807, 2.05) is 13.8 Å². The van der Waals surface area contributed by atoms with Crippen LogP contribution in [-0.4, -0.2) is 37.4 Å². The lowest BCUT2D eigenvalue weighted by Gasteiger charge is -2.26. The lowest BCUT2D eigenvalue weighted by atomic mass is 9.88. The predicted octanol–water partition coefficient (Wildman–Crippen LogP) is 2.32. The molecular formula is C17H26O5. The normalized spacial score (nSPS) is 35.8. The predicted molar refractivity (Wildman–Crippen MR) is 79.0 cm³/mol. The van der Waals surface area contributed by atoms with Gasteiger partial charge in [0.1, 0.15) is 12.7 Å². The van der Waals surface area contributed by atoms with Gasteiger partial charge < -0.3 is 14.2 Å². The Morgan fingerprint density at radius 2 is 2.09 bits per heavy atom. The Morgan fingerprint density at radius 3 is 2.82 bits per heavy atom. The number of hydrogen-bond acceptors (Lipinski definition) is 5. The maximum absolute atomic E-state index is 12.0. The van der Waals surface area contributed by atoms with Crippen LogP contribution >= 0.6 is 0 Å². The summed E-state index contributed by atoms with van der Waals surface area (Å²) in [5.74, 6) is 0.685. The topological polar surface area (TPSA) is 61.8 Å². The Bertz CT molecular complexity index is 458. The molecular weight excluding hydrogens is 284 g/mol.